The number of ether oxygens (including phenoxy) is 6. The number of hydrogen-bond acceptors (Lipinski definition) is 12. The van der Waals surface area contributed by atoms with Gasteiger partial charge in [-0.25, -0.2) is 19.8 Å². The van der Waals surface area contributed by atoms with Crippen molar-refractivity contribution in [3.05, 3.63) is 84.3 Å². The molecule has 5 aliphatic rings. The summed E-state index contributed by atoms with van der Waals surface area (Å²) in [5.41, 5.74) is 4.67. The van der Waals surface area contributed by atoms with Crippen LogP contribution < -0.4 is 33.7 Å². The first-order valence-electron chi connectivity index (χ1n) is 22.2. The molecule has 3 fully saturated rings. The Hall–Kier alpha value is -6.84. The van der Waals surface area contributed by atoms with Crippen LogP contribution >= 0.6 is 0 Å². The fraction of sp³-hybridized carbons (Fsp3) is 0.417. The predicted octanol–water partition coefficient (Wildman–Crippen LogP) is 6.90. The molecule has 3 amide bonds. The number of nitrogens with one attached hydrogen (secondary N) is 2. The zero-order valence-corrected chi connectivity index (χ0v) is 35.9. The number of likely N-dealkylation sites (tertiary alicyclic amines) is 1. The van der Waals surface area contributed by atoms with Gasteiger partial charge in [-0.05, 0) is 80.3 Å². The molecule has 1 saturated heterocycles. The second-order valence-electron chi connectivity index (χ2n) is 17.1. The van der Waals surface area contributed by atoms with E-state index in [0.29, 0.717) is 89.5 Å². The number of aromatic amines is 1. The molecule has 16 heteroatoms. The summed E-state index contributed by atoms with van der Waals surface area (Å²) < 4.78 is 34.8. The highest BCUT2D eigenvalue weighted by Gasteiger charge is 2.44. The molecule has 2 saturated carbocycles. The second-order valence-corrected chi connectivity index (χ2v) is 17.1. The number of hydrazone groups is 1. The third-order valence-electron chi connectivity index (χ3n) is 13.1. The van der Waals surface area contributed by atoms with Crippen molar-refractivity contribution in [2.45, 2.75) is 69.9 Å². The Labute approximate surface area is 370 Å². The molecule has 10 rings (SSSR count). The van der Waals surface area contributed by atoms with E-state index in [1.54, 1.807) is 30.3 Å². The standard InChI is InChI=1S/C48H51N7O9/c1-59-35-15-14-30(23-38(35)60-2)41-32-10-6-7-11-33(32)46(56)55(53-41)31-18-20-54(21-19-31)47(57)34(22-28-8-4-3-5-9-28)52-48(58)64-39-24-49-44-42(39)50-26-51-43(44)40-36(61-25-29-12-13-29)16-17-37-45(40)63-27-62-37/h3-5,8-9,14-17,23-24,26,29,31-34,49H,6-7,10-13,18-22,25,27H2,1-2H3,(H,52,58)/t32-,33+,34+/m1/s1. The van der Waals surface area contributed by atoms with Crippen molar-refractivity contribution >= 4 is 34.7 Å². The quantitative estimate of drug-likeness (QED) is 0.126. The van der Waals surface area contributed by atoms with Crippen molar-refractivity contribution in [3.8, 4) is 45.8 Å². The van der Waals surface area contributed by atoms with Gasteiger partial charge in [-0.15, -0.1) is 0 Å². The SMILES string of the molecule is COc1ccc(C2=NN(C3CCN(C(=O)[C@H](Cc4ccccc4)NC(=O)Oc4c[nH]c5c(-c6c(OCC7CC7)ccc7c6OCO7)ncnc45)CC3)C(=O)[C@H]3CCCC[C@@H]23)cc1OC. The fourth-order valence-corrected chi connectivity index (χ4v) is 9.54. The van der Waals surface area contributed by atoms with Crippen molar-refractivity contribution in [2.24, 2.45) is 22.9 Å². The van der Waals surface area contributed by atoms with Gasteiger partial charge in [0.15, 0.2) is 28.7 Å². The maximum Gasteiger partial charge on any atom is 0.413 e. The Morgan fingerprint density at radius 2 is 1.66 bits per heavy atom. The van der Waals surface area contributed by atoms with E-state index in [9.17, 15) is 14.4 Å². The Kier molecular flexibility index (Phi) is 11.4. The summed E-state index contributed by atoms with van der Waals surface area (Å²) in [7, 11) is 3.22. The highest BCUT2D eigenvalue weighted by molar-refractivity contribution is 6.07. The Morgan fingerprint density at radius 1 is 0.875 bits per heavy atom. The van der Waals surface area contributed by atoms with Crippen LogP contribution in [0.5, 0.6) is 34.5 Å². The van der Waals surface area contributed by atoms with E-state index in [1.807, 2.05) is 60.7 Å². The topological polar surface area (TPSA) is 179 Å². The monoisotopic (exact) mass is 869 g/mol. The Balaban J connectivity index is 0.857. The number of fused-ring (bicyclic) bond motifs is 3. The van der Waals surface area contributed by atoms with Gasteiger partial charge in [0.05, 0.1) is 43.7 Å². The van der Waals surface area contributed by atoms with Crippen LogP contribution in [0.1, 0.15) is 62.5 Å². The van der Waals surface area contributed by atoms with Crippen LogP contribution in [0, 0.1) is 17.8 Å². The molecule has 64 heavy (non-hydrogen) atoms. The van der Waals surface area contributed by atoms with Crippen LogP contribution in [0.4, 0.5) is 4.79 Å². The Bertz CT molecular complexity index is 2590. The predicted molar refractivity (Wildman–Crippen MR) is 235 cm³/mol. The average molecular weight is 870 g/mol. The molecule has 2 aromatic heterocycles. The molecule has 0 spiro atoms. The minimum absolute atomic E-state index is 0.0267. The zero-order chi connectivity index (χ0) is 43.7. The number of aromatic nitrogens is 3. The molecule has 5 heterocycles. The number of amides is 3. The van der Waals surface area contributed by atoms with Gasteiger partial charge in [-0.3, -0.25) is 9.59 Å². The first kappa shape index (κ1) is 41.2. The summed E-state index contributed by atoms with van der Waals surface area (Å²) in [6.07, 6.45) is 9.46. The molecule has 0 unspecified atom stereocenters. The molecule has 332 valence electrons. The number of methoxy groups -OCH3 is 2. The number of rotatable bonds is 13. The maximum absolute atomic E-state index is 14.4. The van der Waals surface area contributed by atoms with Gasteiger partial charge >= 0.3 is 6.09 Å². The molecule has 3 aliphatic heterocycles. The van der Waals surface area contributed by atoms with Crippen LogP contribution in [0.15, 0.2) is 78.3 Å². The first-order valence-corrected chi connectivity index (χ1v) is 22.2. The molecule has 16 nitrogen and oxygen atoms in total. The van der Waals surface area contributed by atoms with Crippen LogP contribution in [-0.2, 0) is 16.0 Å². The van der Waals surface area contributed by atoms with E-state index < -0.39 is 12.1 Å². The molecular weight excluding hydrogens is 819 g/mol. The lowest BCUT2D eigenvalue weighted by Crippen LogP contribution is -2.56. The third-order valence-corrected chi connectivity index (χ3v) is 13.1. The van der Waals surface area contributed by atoms with Crippen molar-refractivity contribution in [3.63, 3.8) is 0 Å². The summed E-state index contributed by atoms with van der Waals surface area (Å²) >= 11 is 0. The number of carbonyl (C=O) groups excluding carboxylic acids is 3. The van der Waals surface area contributed by atoms with Gasteiger partial charge in [0.2, 0.25) is 18.6 Å². The lowest BCUT2D eigenvalue weighted by Gasteiger charge is -2.43. The molecule has 5 aromatic rings. The van der Waals surface area contributed by atoms with E-state index in [0.717, 1.165) is 55.4 Å². The number of carbonyl (C=O) groups is 3. The fourth-order valence-electron chi connectivity index (χ4n) is 9.54. The van der Waals surface area contributed by atoms with E-state index >= 15 is 0 Å². The van der Waals surface area contributed by atoms with Crippen molar-refractivity contribution in [1.82, 2.24) is 30.2 Å². The van der Waals surface area contributed by atoms with Gasteiger partial charge in [-0.1, -0.05) is 43.2 Å². The van der Waals surface area contributed by atoms with Crippen LogP contribution in [0.25, 0.3) is 22.3 Å². The molecule has 3 atom stereocenters. The highest BCUT2D eigenvalue weighted by Crippen LogP contribution is 2.49. The molecule has 2 N–H and O–H groups in total. The van der Waals surface area contributed by atoms with Gasteiger partial charge in [0.1, 0.15) is 29.3 Å². The zero-order valence-electron chi connectivity index (χ0n) is 35.9. The number of nitrogens with zero attached hydrogens (tertiary/aromatic N) is 5. The number of hydrogen-bond donors (Lipinski definition) is 2. The first-order chi connectivity index (χ1) is 31.4. The second kappa shape index (κ2) is 17.7. The summed E-state index contributed by atoms with van der Waals surface area (Å²) in [6, 6.07) is 17.9. The van der Waals surface area contributed by atoms with Crippen LogP contribution in [-0.4, -0.2) is 101 Å². The molecule has 2 aliphatic carbocycles. The largest absolute Gasteiger partial charge is 0.493 e. The van der Waals surface area contributed by atoms with Crippen molar-refractivity contribution in [1.29, 1.82) is 0 Å². The van der Waals surface area contributed by atoms with Gasteiger partial charge in [0.25, 0.3) is 0 Å². The van der Waals surface area contributed by atoms with E-state index in [1.165, 1.54) is 6.33 Å². The smallest absolute Gasteiger partial charge is 0.413 e. The molecule has 0 bridgehead atoms. The minimum Gasteiger partial charge on any atom is -0.493 e. The summed E-state index contributed by atoms with van der Waals surface area (Å²) in [6.45, 7) is 1.42. The van der Waals surface area contributed by atoms with E-state index in [-0.39, 0.29) is 48.7 Å². The third kappa shape index (κ3) is 8.12. The van der Waals surface area contributed by atoms with Crippen LogP contribution in [0.2, 0.25) is 0 Å². The average Bonchev–Trinajstić information content (AvgIpc) is 3.89. The normalized spacial score (nSPS) is 20.0. The highest BCUT2D eigenvalue weighted by atomic mass is 16.7. The van der Waals surface area contributed by atoms with Gasteiger partial charge in [0, 0.05) is 43.1 Å². The number of benzene rings is 3. The molecule has 3 aromatic carbocycles. The summed E-state index contributed by atoms with van der Waals surface area (Å²) in [5, 5.41) is 9.65. The van der Waals surface area contributed by atoms with Crippen molar-refractivity contribution < 1.29 is 42.8 Å². The van der Waals surface area contributed by atoms with E-state index in [2.05, 4.69) is 20.3 Å². The minimum atomic E-state index is -0.939. The van der Waals surface area contributed by atoms with Crippen LogP contribution in [0.3, 0.4) is 0 Å². The lowest BCUT2D eigenvalue weighted by molar-refractivity contribution is -0.143. The number of piperidine rings is 1. The summed E-state index contributed by atoms with van der Waals surface area (Å²) in [4.78, 5) is 56.4. The van der Waals surface area contributed by atoms with Crippen molar-refractivity contribution in [2.75, 3.05) is 40.7 Å². The maximum atomic E-state index is 14.4. The molecule has 0 radical (unpaired) electrons. The van der Waals surface area contributed by atoms with E-state index in [4.69, 9.17) is 33.5 Å². The summed E-state index contributed by atoms with van der Waals surface area (Å²) in [5.74, 6) is 3.30. The van der Waals surface area contributed by atoms with Gasteiger partial charge < -0.3 is 43.6 Å². The molecular formula is C48H51N7O9. The Morgan fingerprint density at radius 3 is 2.44 bits per heavy atom. The van der Waals surface area contributed by atoms with Gasteiger partial charge in [-0.2, -0.15) is 5.10 Å². The number of H-pyrrole nitrogens is 1. The lowest BCUT2D eigenvalue weighted by atomic mass is 9.73.